The zero-order valence-corrected chi connectivity index (χ0v) is 21.5. The maximum atomic E-state index is 12.9. The SMILES string of the molecule is CCC(=O)N(CC[C@@H](Cc1ccccc1)[C@H]1CCOC(C)(C)C1)Cc1ccc(OC)c(OC)c1. The van der Waals surface area contributed by atoms with Gasteiger partial charge in [0.2, 0.25) is 5.91 Å². The van der Waals surface area contributed by atoms with Crippen LogP contribution in [0.15, 0.2) is 48.5 Å². The van der Waals surface area contributed by atoms with E-state index < -0.39 is 0 Å². The number of amides is 1. The average molecular weight is 468 g/mol. The summed E-state index contributed by atoms with van der Waals surface area (Å²) in [7, 11) is 3.27. The molecule has 0 radical (unpaired) electrons. The van der Waals surface area contributed by atoms with E-state index in [4.69, 9.17) is 14.2 Å². The van der Waals surface area contributed by atoms with Crippen LogP contribution < -0.4 is 9.47 Å². The first-order valence-corrected chi connectivity index (χ1v) is 12.5. The number of carbonyl (C=O) groups is 1. The second kappa shape index (κ2) is 12.3. The van der Waals surface area contributed by atoms with Crippen molar-refractivity contribution in [1.29, 1.82) is 0 Å². The average Bonchev–Trinajstić information content (AvgIpc) is 2.85. The second-order valence-corrected chi connectivity index (χ2v) is 9.96. The molecule has 34 heavy (non-hydrogen) atoms. The van der Waals surface area contributed by atoms with E-state index in [1.807, 2.05) is 30.0 Å². The molecule has 2 aromatic rings. The summed E-state index contributed by atoms with van der Waals surface area (Å²) in [6, 6.07) is 16.6. The minimum absolute atomic E-state index is 0.0869. The number of rotatable bonds is 11. The lowest BCUT2D eigenvalue weighted by Crippen LogP contribution is -2.39. The summed E-state index contributed by atoms with van der Waals surface area (Å²) in [5, 5.41) is 0. The van der Waals surface area contributed by atoms with Crippen LogP contribution in [0, 0.1) is 11.8 Å². The lowest BCUT2D eigenvalue weighted by molar-refractivity contribution is -0.132. The van der Waals surface area contributed by atoms with Crippen molar-refractivity contribution in [3.63, 3.8) is 0 Å². The molecule has 1 fully saturated rings. The minimum Gasteiger partial charge on any atom is -0.493 e. The molecule has 0 N–H and O–H groups in total. The van der Waals surface area contributed by atoms with E-state index in [0.717, 1.165) is 44.4 Å². The molecule has 3 rings (SSSR count). The zero-order chi connectivity index (χ0) is 24.6. The summed E-state index contributed by atoms with van der Waals surface area (Å²) < 4.78 is 16.8. The Kier molecular flexibility index (Phi) is 9.40. The number of ether oxygens (including phenoxy) is 3. The van der Waals surface area contributed by atoms with E-state index in [0.29, 0.717) is 36.3 Å². The van der Waals surface area contributed by atoms with Gasteiger partial charge in [0.05, 0.1) is 19.8 Å². The van der Waals surface area contributed by atoms with Crippen LogP contribution in [0.25, 0.3) is 0 Å². The topological polar surface area (TPSA) is 48.0 Å². The van der Waals surface area contributed by atoms with Crippen molar-refractivity contribution >= 4 is 5.91 Å². The van der Waals surface area contributed by atoms with Gasteiger partial charge >= 0.3 is 0 Å². The first-order valence-electron chi connectivity index (χ1n) is 12.5. The van der Waals surface area contributed by atoms with Crippen LogP contribution in [-0.2, 0) is 22.5 Å². The molecule has 1 aliphatic heterocycles. The van der Waals surface area contributed by atoms with Gasteiger partial charge in [0.1, 0.15) is 0 Å². The highest BCUT2D eigenvalue weighted by atomic mass is 16.5. The Hall–Kier alpha value is -2.53. The van der Waals surface area contributed by atoms with Crippen LogP contribution in [0.5, 0.6) is 11.5 Å². The van der Waals surface area contributed by atoms with Crippen molar-refractivity contribution in [2.75, 3.05) is 27.4 Å². The maximum absolute atomic E-state index is 12.9. The van der Waals surface area contributed by atoms with Gasteiger partial charge in [-0.1, -0.05) is 43.3 Å². The van der Waals surface area contributed by atoms with Crippen LogP contribution in [0.3, 0.4) is 0 Å². The predicted molar refractivity (Wildman–Crippen MR) is 136 cm³/mol. The summed E-state index contributed by atoms with van der Waals surface area (Å²) in [6.45, 7) is 8.46. The zero-order valence-electron chi connectivity index (χ0n) is 21.5. The minimum atomic E-state index is -0.0869. The van der Waals surface area contributed by atoms with Crippen LogP contribution in [0.2, 0.25) is 0 Å². The van der Waals surface area contributed by atoms with Gasteiger partial charge in [-0.25, -0.2) is 0 Å². The number of benzene rings is 2. The van der Waals surface area contributed by atoms with Gasteiger partial charge in [0.25, 0.3) is 0 Å². The van der Waals surface area contributed by atoms with Gasteiger partial charge in [-0.3, -0.25) is 4.79 Å². The van der Waals surface area contributed by atoms with E-state index in [2.05, 4.69) is 44.2 Å². The number of hydrogen-bond donors (Lipinski definition) is 0. The monoisotopic (exact) mass is 467 g/mol. The van der Waals surface area contributed by atoms with Crippen molar-refractivity contribution in [2.24, 2.45) is 11.8 Å². The standard InChI is InChI=1S/C29H41NO4/c1-6-28(31)30(21-23-12-13-26(32-4)27(19-23)33-5)16-14-24(18-22-10-8-7-9-11-22)25-15-17-34-29(2,3)20-25/h7-13,19,24-25H,6,14-18,20-21H2,1-5H3/t24-,25-/m0/s1. The maximum Gasteiger partial charge on any atom is 0.222 e. The Morgan fingerprint density at radius 1 is 1.09 bits per heavy atom. The Bertz CT molecular complexity index is 912. The number of methoxy groups -OCH3 is 2. The molecule has 0 bridgehead atoms. The van der Waals surface area contributed by atoms with Gasteiger partial charge in [-0.2, -0.15) is 0 Å². The quantitative estimate of drug-likeness (QED) is 0.413. The fourth-order valence-electron chi connectivity index (χ4n) is 5.14. The molecule has 2 atom stereocenters. The van der Waals surface area contributed by atoms with E-state index in [-0.39, 0.29) is 11.5 Å². The van der Waals surface area contributed by atoms with Gasteiger partial charge in [-0.15, -0.1) is 0 Å². The third-order valence-electron chi connectivity index (χ3n) is 6.99. The van der Waals surface area contributed by atoms with E-state index in [1.54, 1.807) is 14.2 Å². The summed E-state index contributed by atoms with van der Waals surface area (Å²) in [6.07, 6.45) is 4.65. The largest absolute Gasteiger partial charge is 0.493 e. The summed E-state index contributed by atoms with van der Waals surface area (Å²) in [5.41, 5.74) is 2.33. The molecule has 1 saturated heterocycles. The van der Waals surface area contributed by atoms with Crippen LogP contribution >= 0.6 is 0 Å². The van der Waals surface area contributed by atoms with Gasteiger partial charge in [0.15, 0.2) is 11.5 Å². The third kappa shape index (κ3) is 7.23. The highest BCUT2D eigenvalue weighted by Crippen LogP contribution is 2.36. The van der Waals surface area contributed by atoms with Crippen molar-refractivity contribution < 1.29 is 19.0 Å². The summed E-state index contributed by atoms with van der Waals surface area (Å²) in [5.74, 6) is 2.66. The highest BCUT2D eigenvalue weighted by molar-refractivity contribution is 5.75. The molecule has 0 saturated carbocycles. The Morgan fingerprint density at radius 2 is 1.82 bits per heavy atom. The number of nitrogens with zero attached hydrogens (tertiary/aromatic N) is 1. The van der Waals surface area contributed by atoms with Gasteiger partial charge in [0, 0.05) is 26.1 Å². The third-order valence-corrected chi connectivity index (χ3v) is 6.99. The lowest BCUT2D eigenvalue weighted by Gasteiger charge is -2.40. The first kappa shape index (κ1) is 26.1. The van der Waals surface area contributed by atoms with Crippen molar-refractivity contribution in [3.05, 3.63) is 59.7 Å². The molecule has 1 aliphatic rings. The number of carbonyl (C=O) groups excluding carboxylic acids is 1. The van der Waals surface area contributed by atoms with Crippen molar-refractivity contribution in [2.45, 2.75) is 65.0 Å². The van der Waals surface area contributed by atoms with Crippen LogP contribution in [0.1, 0.15) is 57.6 Å². The molecule has 186 valence electrons. The molecule has 0 unspecified atom stereocenters. The van der Waals surface area contributed by atoms with Crippen LogP contribution in [-0.4, -0.2) is 43.8 Å². The predicted octanol–water partition coefficient (Wildman–Crippen LogP) is 5.90. The molecule has 2 aromatic carbocycles. The fourth-order valence-corrected chi connectivity index (χ4v) is 5.14. The van der Waals surface area contributed by atoms with Crippen molar-refractivity contribution in [3.8, 4) is 11.5 Å². The molecular weight excluding hydrogens is 426 g/mol. The van der Waals surface area contributed by atoms with E-state index in [9.17, 15) is 4.79 Å². The molecule has 0 aliphatic carbocycles. The van der Waals surface area contributed by atoms with Gasteiger partial charge in [-0.05, 0) is 74.6 Å². The molecule has 5 heteroatoms. The first-order chi connectivity index (χ1) is 16.3. The van der Waals surface area contributed by atoms with Gasteiger partial charge < -0.3 is 19.1 Å². The van der Waals surface area contributed by atoms with Crippen molar-refractivity contribution in [1.82, 2.24) is 4.90 Å². The van der Waals surface area contributed by atoms with E-state index >= 15 is 0 Å². The molecule has 1 amide bonds. The Morgan fingerprint density at radius 3 is 2.47 bits per heavy atom. The fraction of sp³-hybridized carbons (Fsp3) is 0.552. The molecular formula is C29H41NO4. The Balaban J connectivity index is 1.75. The van der Waals surface area contributed by atoms with Crippen LogP contribution in [0.4, 0.5) is 0 Å². The highest BCUT2D eigenvalue weighted by Gasteiger charge is 2.33. The molecule has 0 aromatic heterocycles. The summed E-state index contributed by atoms with van der Waals surface area (Å²) >= 11 is 0. The lowest BCUT2D eigenvalue weighted by atomic mass is 9.75. The molecule has 1 heterocycles. The molecule has 5 nitrogen and oxygen atoms in total. The molecule has 0 spiro atoms. The normalized spacial score (nSPS) is 18.2. The smallest absolute Gasteiger partial charge is 0.222 e. The Labute approximate surface area is 205 Å². The second-order valence-electron chi connectivity index (χ2n) is 9.96. The number of hydrogen-bond acceptors (Lipinski definition) is 4. The summed E-state index contributed by atoms with van der Waals surface area (Å²) in [4.78, 5) is 14.9. The van der Waals surface area contributed by atoms with E-state index in [1.165, 1.54) is 5.56 Å².